The van der Waals surface area contributed by atoms with E-state index in [2.05, 4.69) is 34.8 Å². The zero-order valence-corrected chi connectivity index (χ0v) is 29.0. The van der Waals surface area contributed by atoms with Gasteiger partial charge in [0.25, 0.3) is 0 Å². The van der Waals surface area contributed by atoms with Crippen LogP contribution in [-0.2, 0) is 84.6 Å². The predicted molar refractivity (Wildman–Crippen MR) is 142 cm³/mol. The molecule has 7 heteroatoms. The summed E-state index contributed by atoms with van der Waals surface area (Å²) in [5.41, 5.74) is 4.03. The summed E-state index contributed by atoms with van der Waals surface area (Å²) in [4.78, 5) is 4.36. The Labute approximate surface area is 260 Å². The molecule has 1 aromatic rings. The summed E-state index contributed by atoms with van der Waals surface area (Å²) in [5, 5.41) is 11.2. The van der Waals surface area contributed by atoms with Crippen molar-refractivity contribution in [1.29, 1.82) is 0 Å². The minimum absolute atomic E-state index is 0. The second kappa shape index (κ2) is 45.7. The third kappa shape index (κ3) is 32.3. The second-order valence-corrected chi connectivity index (χ2v) is 4.59. The molecule has 0 saturated carbocycles. The summed E-state index contributed by atoms with van der Waals surface area (Å²) < 4.78 is 0. The van der Waals surface area contributed by atoms with Crippen molar-refractivity contribution in [1.82, 2.24) is 10.3 Å². The second-order valence-electron chi connectivity index (χ2n) is 4.59. The molecule has 0 saturated heterocycles. The summed E-state index contributed by atoms with van der Waals surface area (Å²) in [6, 6.07) is 6.02. The van der Waals surface area contributed by atoms with Gasteiger partial charge in [0, 0.05) is 44.9 Å². The maximum atomic E-state index is 4.36. The first-order chi connectivity index (χ1) is 12.7. The number of allylic oxidation sites excluding steroid dienone is 4. The number of rotatable bonds is 5. The molecular formula is C26H48N4Ru2Y+. The van der Waals surface area contributed by atoms with Crippen LogP contribution < -0.4 is 5.32 Å². The quantitative estimate of drug-likeness (QED) is 0.250. The van der Waals surface area contributed by atoms with E-state index in [0.717, 1.165) is 42.2 Å². The number of aromatic nitrogens is 1. The molecule has 0 aromatic carbocycles. The molecule has 1 N–H and O–H groups in total. The van der Waals surface area contributed by atoms with E-state index in [4.69, 9.17) is 0 Å². The van der Waals surface area contributed by atoms with Crippen molar-refractivity contribution in [3.63, 3.8) is 0 Å². The monoisotopic (exact) mass is 709 g/mol. The zero-order valence-electron chi connectivity index (χ0n) is 22.7. The normalized spacial score (nSPS) is 10.2. The van der Waals surface area contributed by atoms with Gasteiger partial charge in [0.2, 0.25) is 0 Å². The Bertz CT molecular complexity index is 549. The average Bonchev–Trinajstić information content (AvgIpc) is 2.72. The molecule has 190 valence electrons. The minimum atomic E-state index is 0. The third-order valence-electron chi connectivity index (χ3n) is 2.82. The van der Waals surface area contributed by atoms with Crippen molar-refractivity contribution in [2.75, 3.05) is 14.1 Å². The first-order valence-corrected chi connectivity index (χ1v) is 9.29. The van der Waals surface area contributed by atoms with Gasteiger partial charge in [0.05, 0.1) is 5.69 Å². The smallest absolute Gasteiger partial charge is 0.694 e. The Balaban J connectivity index is -0.0000000365. The minimum Gasteiger partial charge on any atom is -0.694 e. The van der Waals surface area contributed by atoms with E-state index in [1.165, 1.54) is 0 Å². The van der Waals surface area contributed by atoms with E-state index in [-0.39, 0.29) is 101 Å². The fraction of sp³-hybridized carbons (Fsp3) is 0.346. The Hall–Kier alpha value is 0.281. The molecule has 0 bridgehead atoms. The van der Waals surface area contributed by atoms with Crippen molar-refractivity contribution in [2.24, 2.45) is 0 Å². The Morgan fingerprint density at radius 3 is 1.94 bits per heavy atom. The zero-order chi connectivity index (χ0) is 20.2. The van der Waals surface area contributed by atoms with Crippen LogP contribution in [-0.4, -0.2) is 19.1 Å². The average molecular weight is 708 g/mol. The maximum Gasteiger partial charge on any atom is 5.00 e. The predicted octanol–water partition coefficient (Wildman–Crippen LogP) is 7.91. The fourth-order valence-electron chi connectivity index (χ4n) is 1.79. The van der Waals surface area contributed by atoms with Crippen LogP contribution in [0.15, 0.2) is 54.0 Å². The van der Waals surface area contributed by atoms with Crippen LogP contribution in [0, 0.1) is 43.6 Å². The molecular weight excluding hydrogens is 659 g/mol. The number of nitrogens with one attached hydrogen (secondary N) is 1. The van der Waals surface area contributed by atoms with E-state index in [9.17, 15) is 0 Å². The Morgan fingerprint density at radius 2 is 1.52 bits per heavy atom. The molecule has 0 aliphatic carbocycles. The Morgan fingerprint density at radius 1 is 1.00 bits per heavy atom. The first-order valence-electron chi connectivity index (χ1n) is 9.29. The van der Waals surface area contributed by atoms with Crippen LogP contribution in [0.3, 0.4) is 0 Å². The molecule has 2 radical (unpaired) electrons. The molecule has 0 fully saturated rings. The fourth-order valence-corrected chi connectivity index (χ4v) is 1.79. The van der Waals surface area contributed by atoms with Gasteiger partial charge in [-0.1, -0.05) is 52.0 Å². The van der Waals surface area contributed by atoms with Crippen LogP contribution in [0.2, 0.25) is 0 Å². The number of hydrogen-bond donors (Lipinski definition) is 1. The van der Waals surface area contributed by atoms with Crippen LogP contribution in [0.4, 0.5) is 0 Å². The maximum absolute atomic E-state index is 4.36. The van der Waals surface area contributed by atoms with E-state index >= 15 is 0 Å². The van der Waals surface area contributed by atoms with Gasteiger partial charge in [-0.2, -0.15) is 24.0 Å². The largest absolute Gasteiger partial charge is 5.00 e. The summed E-state index contributed by atoms with van der Waals surface area (Å²) in [6.07, 6.45) is 9.07. The molecule has 0 atom stereocenters. The molecule has 1 aliphatic heterocycles. The molecule has 4 nitrogen and oxygen atoms in total. The number of pyridine rings is 1. The van der Waals surface area contributed by atoms with Crippen molar-refractivity contribution in [3.8, 4) is 0 Å². The van der Waals surface area contributed by atoms with E-state index < -0.39 is 0 Å². The van der Waals surface area contributed by atoms with Gasteiger partial charge < -0.3 is 59.5 Å². The topological polar surface area (TPSA) is 53.1 Å². The number of nitrogens with zero attached hydrogens (tertiary/aromatic N) is 3. The molecule has 0 amide bonds. The standard InChI is InChI=1S/C9H13N2.C9H11N2.2C2H6.4CH3.2Ru.Y/c2*1-3-8-5-4-6-9(11-8)7-10-2;2*1-2;;;;;;;/h4-6,10H,1,3,7H2,2H3;4-7H,1,3H2,2H3;2*1-2H3;4*1H3;;;/q-1;-3;;;4*-1;+4;+5;. The van der Waals surface area contributed by atoms with Crippen molar-refractivity contribution in [3.05, 3.63) is 120 Å². The Kier molecular flexibility index (Phi) is 81.5. The van der Waals surface area contributed by atoms with Crippen LogP contribution >= 0.6 is 0 Å². The third-order valence-corrected chi connectivity index (χ3v) is 2.82. The van der Waals surface area contributed by atoms with E-state index in [1.807, 2.05) is 71.2 Å². The summed E-state index contributed by atoms with van der Waals surface area (Å²) in [7, 11) is 3.65. The van der Waals surface area contributed by atoms with Gasteiger partial charge >= 0.3 is 39.0 Å². The summed E-state index contributed by atoms with van der Waals surface area (Å²) in [6.45, 7) is 16.4. The van der Waals surface area contributed by atoms with E-state index in [0.29, 0.717) is 0 Å². The molecule has 2 rings (SSSR count). The first kappa shape index (κ1) is 58.8. The van der Waals surface area contributed by atoms with Crippen LogP contribution in [0.1, 0.15) is 45.5 Å². The molecule has 33 heavy (non-hydrogen) atoms. The SMILES string of the molecule is CC.CC.[CH2-]CC1=CC=CC(=C[N-]C)[N-]1.[CH2-]Cc1cccc(CNC)n1.[CH3-].[CH3-].[CH3-].[CH3-].[Ru+4].[Ru+5].[Y]. The van der Waals surface area contributed by atoms with Crippen molar-refractivity contribution < 1.29 is 71.7 Å². The summed E-state index contributed by atoms with van der Waals surface area (Å²) >= 11 is 0. The summed E-state index contributed by atoms with van der Waals surface area (Å²) in [5.74, 6) is 0. The van der Waals surface area contributed by atoms with Gasteiger partial charge in [0.15, 0.2) is 0 Å². The van der Waals surface area contributed by atoms with E-state index in [1.54, 1.807) is 13.2 Å². The van der Waals surface area contributed by atoms with Gasteiger partial charge in [0.1, 0.15) is 0 Å². The van der Waals surface area contributed by atoms with Crippen molar-refractivity contribution >= 4 is 0 Å². The van der Waals surface area contributed by atoms with Gasteiger partial charge in [-0.05, 0) is 19.2 Å². The van der Waals surface area contributed by atoms with Gasteiger partial charge in [-0.3, -0.25) is 4.98 Å². The molecule has 1 aliphatic rings. The molecule has 0 unspecified atom stereocenters. The van der Waals surface area contributed by atoms with Crippen molar-refractivity contribution in [2.45, 2.75) is 47.1 Å². The molecule has 1 aromatic heterocycles. The van der Waals surface area contributed by atoms with Crippen LogP contribution in [0.25, 0.3) is 10.6 Å². The van der Waals surface area contributed by atoms with Gasteiger partial charge in [-0.15, -0.1) is 13.5 Å². The molecule has 0 spiro atoms. The van der Waals surface area contributed by atoms with Crippen LogP contribution in [0.5, 0.6) is 0 Å². The number of hydrogen-bond acceptors (Lipinski definition) is 2. The van der Waals surface area contributed by atoms with Gasteiger partial charge in [-0.25, -0.2) is 0 Å². The molecule has 2 heterocycles.